The van der Waals surface area contributed by atoms with Gasteiger partial charge in [-0.1, -0.05) is 13.8 Å². The van der Waals surface area contributed by atoms with E-state index in [2.05, 4.69) is 25.2 Å². The summed E-state index contributed by atoms with van der Waals surface area (Å²) in [5, 5.41) is 12.2. The fourth-order valence-corrected chi connectivity index (χ4v) is 1.49. The molecule has 0 aromatic rings. The zero-order valence-electron chi connectivity index (χ0n) is 11.9. The van der Waals surface area contributed by atoms with Crippen LogP contribution in [-0.4, -0.2) is 25.8 Å². The van der Waals surface area contributed by atoms with Crippen LogP contribution in [-0.2, 0) is 4.74 Å². The molecule has 1 N–H and O–H groups in total. The zero-order chi connectivity index (χ0) is 13.1. The van der Waals surface area contributed by atoms with Gasteiger partial charge in [0.2, 0.25) is 0 Å². The van der Waals surface area contributed by atoms with Crippen molar-refractivity contribution in [3.63, 3.8) is 0 Å². The molecule has 0 aliphatic rings. The Hall–Kier alpha value is -0.590. The second kappa shape index (κ2) is 9.44. The number of rotatable bonds is 10. The third-order valence-corrected chi connectivity index (χ3v) is 2.66. The van der Waals surface area contributed by atoms with E-state index < -0.39 is 0 Å². The van der Waals surface area contributed by atoms with Crippen LogP contribution in [0.5, 0.6) is 0 Å². The minimum absolute atomic E-state index is 0.179. The number of nitrogens with zero attached hydrogens (tertiary/aromatic N) is 1. The van der Waals surface area contributed by atoms with Gasteiger partial charge in [0.05, 0.1) is 11.5 Å². The van der Waals surface area contributed by atoms with Crippen molar-refractivity contribution in [3.8, 4) is 6.07 Å². The molecule has 0 aliphatic carbocycles. The number of hydrogen-bond acceptors (Lipinski definition) is 3. The van der Waals surface area contributed by atoms with Crippen LogP contribution >= 0.6 is 0 Å². The maximum absolute atomic E-state index is 8.85. The van der Waals surface area contributed by atoms with Crippen molar-refractivity contribution in [2.45, 2.75) is 59.4 Å². The highest BCUT2D eigenvalue weighted by Crippen LogP contribution is 2.21. The standard InChI is InChI=1S/C14H28N2O/c1-13(2)16-9-7-11-17-10-6-5-8-14(3,4)12-15/h13,16H,5-11H2,1-4H3. The van der Waals surface area contributed by atoms with Crippen LogP contribution in [0.15, 0.2) is 0 Å². The lowest BCUT2D eigenvalue weighted by Crippen LogP contribution is -2.24. The fourth-order valence-electron chi connectivity index (χ4n) is 1.49. The molecule has 0 fully saturated rings. The van der Waals surface area contributed by atoms with Gasteiger partial charge in [-0.2, -0.15) is 5.26 Å². The van der Waals surface area contributed by atoms with Crippen molar-refractivity contribution in [1.29, 1.82) is 5.26 Å². The Morgan fingerprint density at radius 1 is 1.18 bits per heavy atom. The van der Waals surface area contributed by atoms with Gasteiger partial charge in [0.15, 0.2) is 0 Å². The third kappa shape index (κ3) is 11.7. The Labute approximate surface area is 107 Å². The van der Waals surface area contributed by atoms with E-state index in [1.165, 1.54) is 0 Å². The molecule has 0 heterocycles. The molecule has 0 saturated heterocycles. The highest BCUT2D eigenvalue weighted by atomic mass is 16.5. The molecule has 0 rings (SSSR count). The van der Waals surface area contributed by atoms with Crippen molar-refractivity contribution in [2.24, 2.45) is 5.41 Å². The fraction of sp³-hybridized carbons (Fsp3) is 0.929. The summed E-state index contributed by atoms with van der Waals surface area (Å²) in [5.74, 6) is 0. The van der Waals surface area contributed by atoms with Crippen LogP contribution in [0.3, 0.4) is 0 Å². The summed E-state index contributed by atoms with van der Waals surface area (Å²) < 4.78 is 5.54. The topological polar surface area (TPSA) is 45.0 Å². The van der Waals surface area contributed by atoms with Gasteiger partial charge in [-0.3, -0.25) is 0 Å². The molecule has 0 spiro atoms. The average molecular weight is 240 g/mol. The van der Waals surface area contributed by atoms with E-state index in [1.807, 2.05) is 13.8 Å². The molecule has 0 saturated carbocycles. The van der Waals surface area contributed by atoms with E-state index in [0.29, 0.717) is 6.04 Å². The Kier molecular flexibility index (Phi) is 9.11. The number of nitrogens with one attached hydrogen (secondary N) is 1. The summed E-state index contributed by atoms with van der Waals surface area (Å²) in [6, 6.07) is 2.88. The molecular weight excluding hydrogens is 212 g/mol. The zero-order valence-corrected chi connectivity index (χ0v) is 11.9. The first kappa shape index (κ1) is 16.4. The van der Waals surface area contributed by atoms with Gasteiger partial charge in [-0.05, 0) is 46.1 Å². The van der Waals surface area contributed by atoms with Gasteiger partial charge in [0.1, 0.15) is 0 Å². The largest absolute Gasteiger partial charge is 0.381 e. The van der Waals surface area contributed by atoms with Gasteiger partial charge >= 0.3 is 0 Å². The monoisotopic (exact) mass is 240 g/mol. The van der Waals surface area contributed by atoms with Gasteiger partial charge in [-0.15, -0.1) is 0 Å². The highest BCUT2D eigenvalue weighted by molar-refractivity contribution is 4.91. The van der Waals surface area contributed by atoms with Crippen molar-refractivity contribution in [3.05, 3.63) is 0 Å². The first-order valence-electron chi connectivity index (χ1n) is 6.70. The normalized spacial score (nSPS) is 11.8. The molecule has 0 aromatic carbocycles. The van der Waals surface area contributed by atoms with Crippen LogP contribution in [0, 0.1) is 16.7 Å². The molecule has 0 unspecified atom stereocenters. The third-order valence-electron chi connectivity index (χ3n) is 2.66. The molecule has 0 amide bonds. The summed E-state index contributed by atoms with van der Waals surface area (Å²) in [6.45, 7) is 11.0. The minimum Gasteiger partial charge on any atom is -0.381 e. The molecule has 3 heteroatoms. The molecule has 3 nitrogen and oxygen atoms in total. The van der Waals surface area contributed by atoms with Crippen LogP contribution in [0.4, 0.5) is 0 Å². The lowest BCUT2D eigenvalue weighted by Gasteiger charge is -2.14. The number of nitriles is 1. The SMILES string of the molecule is CC(C)NCCCOCCCCC(C)(C)C#N. The summed E-state index contributed by atoms with van der Waals surface area (Å²) in [5.41, 5.74) is -0.179. The summed E-state index contributed by atoms with van der Waals surface area (Å²) in [7, 11) is 0. The predicted molar refractivity (Wildman–Crippen MR) is 71.8 cm³/mol. The number of hydrogen-bond donors (Lipinski definition) is 1. The van der Waals surface area contributed by atoms with E-state index in [-0.39, 0.29) is 5.41 Å². The summed E-state index contributed by atoms with van der Waals surface area (Å²) in [4.78, 5) is 0. The smallest absolute Gasteiger partial charge is 0.0683 e. The molecule has 0 aromatic heterocycles. The molecule has 0 bridgehead atoms. The lowest BCUT2D eigenvalue weighted by atomic mass is 9.89. The first-order chi connectivity index (χ1) is 7.98. The maximum atomic E-state index is 8.85. The molecule has 0 aliphatic heterocycles. The lowest BCUT2D eigenvalue weighted by molar-refractivity contribution is 0.125. The van der Waals surface area contributed by atoms with Crippen molar-refractivity contribution < 1.29 is 4.74 Å². The first-order valence-corrected chi connectivity index (χ1v) is 6.70. The van der Waals surface area contributed by atoms with Crippen molar-refractivity contribution >= 4 is 0 Å². The summed E-state index contributed by atoms with van der Waals surface area (Å²) in [6.07, 6.45) is 4.16. The Balaban J connectivity index is 3.17. The molecule has 100 valence electrons. The van der Waals surface area contributed by atoms with E-state index in [0.717, 1.165) is 45.4 Å². The van der Waals surface area contributed by atoms with Crippen molar-refractivity contribution in [1.82, 2.24) is 5.32 Å². The van der Waals surface area contributed by atoms with Crippen LogP contribution in [0.25, 0.3) is 0 Å². The molecular formula is C14H28N2O. The van der Waals surface area contributed by atoms with E-state index >= 15 is 0 Å². The van der Waals surface area contributed by atoms with E-state index in [9.17, 15) is 0 Å². The van der Waals surface area contributed by atoms with Crippen LogP contribution < -0.4 is 5.32 Å². The second-order valence-corrected chi connectivity index (χ2v) is 5.53. The average Bonchev–Trinajstić information content (AvgIpc) is 2.26. The van der Waals surface area contributed by atoms with Gasteiger partial charge in [0.25, 0.3) is 0 Å². The minimum atomic E-state index is -0.179. The van der Waals surface area contributed by atoms with Crippen molar-refractivity contribution in [2.75, 3.05) is 19.8 Å². The maximum Gasteiger partial charge on any atom is 0.0683 e. The molecule has 0 atom stereocenters. The summed E-state index contributed by atoms with van der Waals surface area (Å²) >= 11 is 0. The van der Waals surface area contributed by atoms with Crippen LogP contribution in [0.1, 0.15) is 53.4 Å². The Morgan fingerprint density at radius 2 is 1.82 bits per heavy atom. The van der Waals surface area contributed by atoms with Crippen LogP contribution in [0.2, 0.25) is 0 Å². The Bertz CT molecular complexity index is 219. The molecule has 0 radical (unpaired) electrons. The number of ether oxygens (including phenoxy) is 1. The second-order valence-electron chi connectivity index (χ2n) is 5.53. The van der Waals surface area contributed by atoms with Gasteiger partial charge < -0.3 is 10.1 Å². The Morgan fingerprint density at radius 3 is 2.41 bits per heavy atom. The van der Waals surface area contributed by atoms with E-state index in [4.69, 9.17) is 10.00 Å². The predicted octanol–water partition coefficient (Wildman–Crippen LogP) is 3.11. The van der Waals surface area contributed by atoms with Gasteiger partial charge in [0, 0.05) is 19.3 Å². The quantitative estimate of drug-likeness (QED) is 0.597. The highest BCUT2D eigenvalue weighted by Gasteiger charge is 2.15. The van der Waals surface area contributed by atoms with Gasteiger partial charge in [-0.25, -0.2) is 0 Å². The number of unbranched alkanes of at least 4 members (excludes halogenated alkanes) is 1. The van der Waals surface area contributed by atoms with E-state index in [1.54, 1.807) is 0 Å². The molecule has 17 heavy (non-hydrogen) atoms.